The van der Waals surface area contributed by atoms with Gasteiger partial charge in [0, 0.05) is 54.8 Å². The first-order chi connectivity index (χ1) is 16.6. The smallest absolute Gasteiger partial charge is 0.151 e. The van der Waals surface area contributed by atoms with Crippen LogP contribution in [0.5, 0.6) is 0 Å². The fourth-order valence-corrected chi connectivity index (χ4v) is 6.58. The highest BCUT2D eigenvalue weighted by Crippen LogP contribution is 2.56. The molecule has 3 fully saturated rings. The van der Waals surface area contributed by atoms with Crippen LogP contribution < -0.4 is 4.90 Å². The Morgan fingerprint density at radius 1 is 1.09 bits per heavy atom. The molecular formula is C26H29ClN6O. The molecule has 5 heterocycles. The van der Waals surface area contributed by atoms with E-state index < -0.39 is 0 Å². The van der Waals surface area contributed by atoms with Crippen molar-refractivity contribution in [3.05, 3.63) is 64.3 Å². The van der Waals surface area contributed by atoms with Gasteiger partial charge in [0.25, 0.3) is 0 Å². The molecule has 2 saturated heterocycles. The number of anilines is 1. The van der Waals surface area contributed by atoms with E-state index in [0.717, 1.165) is 81.1 Å². The summed E-state index contributed by atoms with van der Waals surface area (Å²) >= 11 is 6.42. The number of ether oxygens (including phenoxy) is 1. The number of nitrogens with zero attached hydrogens (tertiary/aromatic N) is 6. The molecule has 4 aliphatic rings. The van der Waals surface area contributed by atoms with Gasteiger partial charge >= 0.3 is 0 Å². The maximum absolute atomic E-state index is 6.42. The van der Waals surface area contributed by atoms with E-state index in [4.69, 9.17) is 26.5 Å². The quantitative estimate of drug-likeness (QED) is 0.567. The van der Waals surface area contributed by atoms with Gasteiger partial charge in [-0.3, -0.25) is 9.47 Å². The van der Waals surface area contributed by atoms with Crippen LogP contribution >= 0.6 is 11.6 Å². The van der Waals surface area contributed by atoms with Crippen molar-refractivity contribution >= 4 is 17.4 Å². The molecule has 34 heavy (non-hydrogen) atoms. The predicted octanol–water partition coefficient (Wildman–Crippen LogP) is 4.11. The van der Waals surface area contributed by atoms with Crippen LogP contribution in [0.15, 0.2) is 36.5 Å². The number of fused-ring (bicyclic) bond motifs is 3. The average molecular weight is 477 g/mol. The molecule has 0 amide bonds. The number of hydrogen-bond donors (Lipinski definition) is 0. The second kappa shape index (κ2) is 7.77. The van der Waals surface area contributed by atoms with E-state index >= 15 is 0 Å². The lowest BCUT2D eigenvalue weighted by Crippen LogP contribution is -2.62. The van der Waals surface area contributed by atoms with E-state index in [1.54, 1.807) is 0 Å². The molecule has 176 valence electrons. The number of rotatable bonds is 3. The molecule has 3 aliphatic heterocycles. The molecule has 0 bridgehead atoms. The lowest BCUT2D eigenvalue weighted by Gasteiger charge is -2.59. The zero-order valence-corrected chi connectivity index (χ0v) is 20.2. The van der Waals surface area contributed by atoms with Crippen molar-refractivity contribution in [1.82, 2.24) is 24.6 Å². The van der Waals surface area contributed by atoms with Gasteiger partial charge in [-0.25, -0.2) is 4.98 Å². The summed E-state index contributed by atoms with van der Waals surface area (Å²) in [6, 6.07) is 10.9. The molecule has 2 aromatic heterocycles. The topological polar surface area (TPSA) is 59.3 Å². The fourth-order valence-electron chi connectivity index (χ4n) is 6.38. The minimum absolute atomic E-state index is 0.393. The first kappa shape index (κ1) is 20.9. The largest absolute Gasteiger partial charge is 0.380 e. The van der Waals surface area contributed by atoms with Gasteiger partial charge in [-0.05, 0) is 61.6 Å². The molecule has 7 rings (SSSR count). The monoisotopic (exact) mass is 476 g/mol. The van der Waals surface area contributed by atoms with Crippen molar-refractivity contribution in [3.63, 3.8) is 0 Å². The lowest BCUT2D eigenvalue weighted by atomic mass is 9.57. The van der Waals surface area contributed by atoms with Gasteiger partial charge in [0.15, 0.2) is 5.82 Å². The number of pyridine rings is 1. The Labute approximate surface area is 204 Å². The van der Waals surface area contributed by atoms with E-state index in [1.807, 2.05) is 12.3 Å². The van der Waals surface area contributed by atoms with Crippen molar-refractivity contribution in [2.45, 2.75) is 51.2 Å². The summed E-state index contributed by atoms with van der Waals surface area (Å²) in [4.78, 5) is 9.50. The van der Waals surface area contributed by atoms with Crippen molar-refractivity contribution in [3.8, 4) is 5.69 Å². The normalized spacial score (nSPS) is 23.8. The van der Waals surface area contributed by atoms with Crippen LogP contribution in [-0.4, -0.2) is 57.0 Å². The Morgan fingerprint density at radius 2 is 1.97 bits per heavy atom. The van der Waals surface area contributed by atoms with E-state index in [9.17, 15) is 0 Å². The summed E-state index contributed by atoms with van der Waals surface area (Å²) in [5.74, 6) is 3.68. The van der Waals surface area contributed by atoms with Crippen molar-refractivity contribution in [1.29, 1.82) is 0 Å². The van der Waals surface area contributed by atoms with Gasteiger partial charge < -0.3 is 9.64 Å². The second-order valence-electron chi connectivity index (χ2n) is 10.7. The maximum atomic E-state index is 6.42. The molecular weight excluding hydrogens is 448 g/mol. The Kier molecular flexibility index (Phi) is 4.76. The maximum Gasteiger partial charge on any atom is 0.151 e. The van der Waals surface area contributed by atoms with Gasteiger partial charge in [0.2, 0.25) is 0 Å². The van der Waals surface area contributed by atoms with E-state index in [1.165, 1.54) is 16.8 Å². The molecule has 1 aliphatic carbocycles. The summed E-state index contributed by atoms with van der Waals surface area (Å²) in [6.45, 7) is 7.52. The molecule has 3 aromatic rings. The minimum Gasteiger partial charge on any atom is -0.380 e. The molecule has 8 heteroatoms. The van der Waals surface area contributed by atoms with Crippen LogP contribution in [0.1, 0.15) is 48.0 Å². The summed E-state index contributed by atoms with van der Waals surface area (Å²) in [6.07, 6.45) is 5.35. The fraction of sp³-hybridized carbons (Fsp3) is 0.500. The third kappa shape index (κ3) is 3.36. The van der Waals surface area contributed by atoms with Crippen LogP contribution in [0.25, 0.3) is 5.69 Å². The highest BCUT2D eigenvalue weighted by molar-refractivity contribution is 6.30. The molecule has 1 spiro atoms. The van der Waals surface area contributed by atoms with Crippen molar-refractivity contribution < 1.29 is 4.74 Å². The first-order valence-electron chi connectivity index (χ1n) is 12.3. The third-order valence-corrected chi connectivity index (χ3v) is 8.41. The van der Waals surface area contributed by atoms with E-state index in [0.29, 0.717) is 17.4 Å². The highest BCUT2D eigenvalue weighted by atomic mass is 35.5. The zero-order valence-electron chi connectivity index (χ0n) is 19.5. The lowest BCUT2D eigenvalue weighted by molar-refractivity contribution is 0.0581. The summed E-state index contributed by atoms with van der Waals surface area (Å²) in [5.41, 5.74) is 4.02. The Balaban J connectivity index is 1.14. The predicted molar refractivity (Wildman–Crippen MR) is 130 cm³/mol. The third-order valence-electron chi connectivity index (χ3n) is 8.17. The van der Waals surface area contributed by atoms with E-state index in [2.05, 4.69) is 50.5 Å². The molecule has 1 saturated carbocycles. The van der Waals surface area contributed by atoms with Crippen LogP contribution in [-0.2, 0) is 17.8 Å². The molecule has 0 unspecified atom stereocenters. The zero-order chi connectivity index (χ0) is 22.9. The molecule has 7 nitrogen and oxygen atoms in total. The molecule has 0 radical (unpaired) electrons. The van der Waals surface area contributed by atoms with E-state index in [-0.39, 0.29) is 0 Å². The van der Waals surface area contributed by atoms with Crippen LogP contribution in [0.2, 0.25) is 5.02 Å². The summed E-state index contributed by atoms with van der Waals surface area (Å²) in [5, 5.41) is 10.2. The average Bonchev–Trinajstić information content (AvgIpc) is 3.41. The van der Waals surface area contributed by atoms with Crippen LogP contribution in [0.4, 0.5) is 5.82 Å². The number of hydrogen-bond acceptors (Lipinski definition) is 6. The van der Waals surface area contributed by atoms with Crippen molar-refractivity contribution in [2.75, 3.05) is 31.2 Å². The second-order valence-corrected chi connectivity index (χ2v) is 11.1. The number of aromatic nitrogens is 4. The number of halogens is 1. The van der Waals surface area contributed by atoms with Gasteiger partial charge in [-0.2, -0.15) is 0 Å². The Morgan fingerprint density at radius 3 is 2.74 bits per heavy atom. The molecule has 0 N–H and O–H groups in total. The van der Waals surface area contributed by atoms with Crippen LogP contribution in [0, 0.1) is 12.3 Å². The summed E-state index contributed by atoms with van der Waals surface area (Å²) < 4.78 is 8.02. The Hall–Kier alpha value is -2.48. The van der Waals surface area contributed by atoms with Gasteiger partial charge in [0.1, 0.15) is 11.6 Å². The number of aryl methyl sites for hydroxylation is 1. The Bertz CT molecular complexity index is 1220. The highest BCUT2D eigenvalue weighted by Gasteiger charge is 2.54. The SMILES string of the molecule is Cc1ccc(N2CC3(CC(c4nnc5n4-c4ccc(Cl)cc4CN([C@H]4CCOC4)C5)C3)C2)nc1. The van der Waals surface area contributed by atoms with Crippen molar-refractivity contribution in [2.24, 2.45) is 5.41 Å². The number of benzene rings is 1. The minimum atomic E-state index is 0.393. The standard InChI is InChI=1S/C26H29ClN6O/c1-17-2-5-23(28-11-17)32-15-26(16-32)9-19(10-26)25-30-29-24-13-31(21-6-7-34-14-21)12-18-8-20(27)3-4-22(18)33(24)25/h2-5,8,11,19,21H,6-7,9-10,12-16H2,1H3/t21-/m0/s1. The molecule has 1 atom stereocenters. The van der Waals surface area contributed by atoms with Gasteiger partial charge in [-0.1, -0.05) is 17.7 Å². The first-order valence-corrected chi connectivity index (χ1v) is 12.7. The summed E-state index contributed by atoms with van der Waals surface area (Å²) in [7, 11) is 0. The van der Waals surface area contributed by atoms with Gasteiger partial charge in [-0.15, -0.1) is 10.2 Å². The molecule has 1 aromatic carbocycles. The van der Waals surface area contributed by atoms with Crippen LogP contribution in [0.3, 0.4) is 0 Å². The van der Waals surface area contributed by atoms with Gasteiger partial charge in [0.05, 0.1) is 18.8 Å².